The summed E-state index contributed by atoms with van der Waals surface area (Å²) >= 11 is 0. The van der Waals surface area contributed by atoms with E-state index in [1.165, 1.54) is 39.2 Å². The highest BCUT2D eigenvalue weighted by Gasteiger charge is 2.13. The Kier molecular flexibility index (Phi) is 12.8. The van der Waals surface area contributed by atoms with Crippen LogP contribution in [0.5, 0.6) is 0 Å². The zero-order valence-corrected chi connectivity index (χ0v) is 15.7. The van der Waals surface area contributed by atoms with Gasteiger partial charge in [-0.3, -0.25) is 9.79 Å². The monoisotopic (exact) mass is 411 g/mol. The standard InChI is InChI=1S/C15H29N3O2.HI/c1-3-16-15(18-12-10-14(19)20-2)17-11-6-9-13-7-4-5-8-13;/h13H,3-12H2,1-2H3,(H2,16,17,18);1H. The number of hydrogen-bond acceptors (Lipinski definition) is 3. The molecule has 0 heterocycles. The summed E-state index contributed by atoms with van der Waals surface area (Å²) in [6.07, 6.45) is 8.44. The number of carbonyl (C=O) groups excluding carboxylic acids is 1. The Morgan fingerprint density at radius 2 is 2.00 bits per heavy atom. The van der Waals surface area contributed by atoms with E-state index in [0.717, 1.165) is 31.4 Å². The molecule has 0 radical (unpaired) electrons. The number of guanidine groups is 1. The zero-order chi connectivity index (χ0) is 14.6. The molecule has 0 aromatic rings. The molecule has 1 rings (SSSR count). The van der Waals surface area contributed by atoms with Crippen LogP contribution in [0.15, 0.2) is 4.99 Å². The minimum atomic E-state index is -0.199. The van der Waals surface area contributed by atoms with Crippen LogP contribution in [0, 0.1) is 5.92 Å². The first-order valence-corrected chi connectivity index (χ1v) is 7.85. The third kappa shape index (κ3) is 9.92. The van der Waals surface area contributed by atoms with E-state index < -0.39 is 0 Å². The number of rotatable bonds is 8. The van der Waals surface area contributed by atoms with Crippen LogP contribution in [-0.4, -0.2) is 38.7 Å². The van der Waals surface area contributed by atoms with Crippen molar-refractivity contribution in [3.05, 3.63) is 0 Å². The van der Waals surface area contributed by atoms with Crippen molar-refractivity contribution in [2.45, 2.75) is 51.9 Å². The number of nitrogens with zero attached hydrogens (tertiary/aromatic N) is 1. The number of halogens is 1. The van der Waals surface area contributed by atoms with Gasteiger partial charge in [0.2, 0.25) is 0 Å². The molecule has 1 fully saturated rings. The smallest absolute Gasteiger partial charge is 0.307 e. The van der Waals surface area contributed by atoms with Crippen molar-refractivity contribution in [3.8, 4) is 0 Å². The fourth-order valence-corrected chi connectivity index (χ4v) is 2.60. The van der Waals surface area contributed by atoms with Crippen LogP contribution in [-0.2, 0) is 9.53 Å². The van der Waals surface area contributed by atoms with Gasteiger partial charge in [0.05, 0.1) is 13.5 Å². The summed E-state index contributed by atoms with van der Waals surface area (Å²) in [7, 11) is 1.41. The van der Waals surface area contributed by atoms with E-state index in [1.54, 1.807) is 0 Å². The minimum Gasteiger partial charge on any atom is -0.469 e. The van der Waals surface area contributed by atoms with E-state index in [-0.39, 0.29) is 29.9 Å². The van der Waals surface area contributed by atoms with Crippen molar-refractivity contribution in [3.63, 3.8) is 0 Å². The largest absolute Gasteiger partial charge is 0.469 e. The molecule has 1 saturated carbocycles. The van der Waals surface area contributed by atoms with Crippen LogP contribution < -0.4 is 10.6 Å². The molecule has 21 heavy (non-hydrogen) atoms. The van der Waals surface area contributed by atoms with Crippen LogP contribution in [0.4, 0.5) is 0 Å². The molecule has 124 valence electrons. The molecule has 0 aromatic heterocycles. The van der Waals surface area contributed by atoms with Gasteiger partial charge >= 0.3 is 5.97 Å². The molecule has 0 unspecified atom stereocenters. The Bertz CT molecular complexity index is 305. The molecule has 6 heteroatoms. The molecular formula is C15H30IN3O2. The summed E-state index contributed by atoms with van der Waals surface area (Å²) in [5.41, 5.74) is 0. The lowest BCUT2D eigenvalue weighted by molar-refractivity contribution is -0.140. The van der Waals surface area contributed by atoms with Crippen molar-refractivity contribution in [1.82, 2.24) is 10.6 Å². The molecular weight excluding hydrogens is 381 g/mol. The van der Waals surface area contributed by atoms with Gasteiger partial charge in [0.1, 0.15) is 0 Å². The number of ether oxygens (including phenoxy) is 1. The molecule has 0 aliphatic heterocycles. The first-order valence-electron chi connectivity index (χ1n) is 7.85. The lowest BCUT2D eigenvalue weighted by Crippen LogP contribution is -2.38. The van der Waals surface area contributed by atoms with E-state index in [4.69, 9.17) is 0 Å². The highest BCUT2D eigenvalue weighted by atomic mass is 127. The van der Waals surface area contributed by atoms with Crippen molar-refractivity contribution < 1.29 is 9.53 Å². The van der Waals surface area contributed by atoms with E-state index in [2.05, 4.69) is 20.4 Å². The van der Waals surface area contributed by atoms with Gasteiger partial charge in [-0.15, -0.1) is 24.0 Å². The number of methoxy groups -OCH3 is 1. The molecule has 0 atom stereocenters. The normalized spacial score (nSPS) is 15.4. The second-order valence-corrected chi connectivity index (χ2v) is 5.31. The summed E-state index contributed by atoms with van der Waals surface area (Å²) < 4.78 is 4.61. The van der Waals surface area contributed by atoms with Crippen molar-refractivity contribution in [2.75, 3.05) is 26.7 Å². The summed E-state index contributed by atoms with van der Waals surface area (Å²) in [6, 6.07) is 0. The topological polar surface area (TPSA) is 62.7 Å². The van der Waals surface area contributed by atoms with Crippen molar-refractivity contribution in [1.29, 1.82) is 0 Å². The molecule has 2 N–H and O–H groups in total. The van der Waals surface area contributed by atoms with Crippen molar-refractivity contribution in [2.24, 2.45) is 10.9 Å². The molecule has 0 bridgehead atoms. The van der Waals surface area contributed by atoms with E-state index in [0.29, 0.717) is 13.0 Å². The number of hydrogen-bond donors (Lipinski definition) is 2. The Balaban J connectivity index is 0.00000400. The average Bonchev–Trinajstić information content (AvgIpc) is 2.96. The summed E-state index contributed by atoms with van der Waals surface area (Å²) in [5.74, 6) is 1.53. The fraction of sp³-hybridized carbons (Fsp3) is 0.867. The second-order valence-electron chi connectivity index (χ2n) is 5.31. The van der Waals surface area contributed by atoms with Gasteiger partial charge in [0, 0.05) is 19.6 Å². The molecule has 0 spiro atoms. The van der Waals surface area contributed by atoms with Gasteiger partial charge in [-0.05, 0) is 25.7 Å². The maximum absolute atomic E-state index is 11.0. The van der Waals surface area contributed by atoms with Gasteiger partial charge in [-0.2, -0.15) is 0 Å². The lowest BCUT2D eigenvalue weighted by atomic mass is 10.0. The summed E-state index contributed by atoms with van der Waals surface area (Å²) in [4.78, 5) is 15.6. The number of nitrogens with one attached hydrogen (secondary N) is 2. The van der Waals surface area contributed by atoms with Gasteiger partial charge in [0.25, 0.3) is 0 Å². The van der Waals surface area contributed by atoms with Crippen LogP contribution >= 0.6 is 24.0 Å². The highest BCUT2D eigenvalue weighted by molar-refractivity contribution is 14.0. The molecule has 1 aliphatic carbocycles. The van der Waals surface area contributed by atoms with Crippen LogP contribution in [0.2, 0.25) is 0 Å². The summed E-state index contributed by atoms with van der Waals surface area (Å²) in [6.45, 7) is 4.27. The number of aliphatic imine (C=N–C) groups is 1. The van der Waals surface area contributed by atoms with E-state index >= 15 is 0 Å². The Morgan fingerprint density at radius 1 is 1.29 bits per heavy atom. The molecule has 0 saturated heterocycles. The van der Waals surface area contributed by atoms with E-state index in [9.17, 15) is 4.79 Å². The van der Waals surface area contributed by atoms with Crippen molar-refractivity contribution >= 4 is 35.9 Å². The van der Waals surface area contributed by atoms with Gasteiger partial charge < -0.3 is 15.4 Å². The maximum atomic E-state index is 11.0. The zero-order valence-electron chi connectivity index (χ0n) is 13.3. The average molecular weight is 411 g/mol. The first-order chi connectivity index (χ1) is 9.76. The second kappa shape index (κ2) is 13.2. The van der Waals surface area contributed by atoms with E-state index in [1.807, 2.05) is 6.92 Å². The molecule has 5 nitrogen and oxygen atoms in total. The lowest BCUT2D eigenvalue weighted by Gasteiger charge is -2.11. The van der Waals surface area contributed by atoms with Crippen LogP contribution in [0.3, 0.4) is 0 Å². The Morgan fingerprint density at radius 3 is 2.62 bits per heavy atom. The highest BCUT2D eigenvalue weighted by Crippen LogP contribution is 2.28. The predicted octanol–water partition coefficient (Wildman–Crippen LogP) is 2.69. The number of carbonyl (C=O) groups is 1. The molecule has 0 aromatic carbocycles. The maximum Gasteiger partial charge on any atom is 0.307 e. The Labute approximate surface area is 145 Å². The van der Waals surface area contributed by atoms with Gasteiger partial charge in [-0.1, -0.05) is 25.7 Å². The third-order valence-corrected chi connectivity index (χ3v) is 3.71. The minimum absolute atomic E-state index is 0. The molecule has 1 aliphatic rings. The quantitative estimate of drug-likeness (QED) is 0.212. The van der Waals surface area contributed by atoms with Gasteiger partial charge in [0.15, 0.2) is 5.96 Å². The predicted molar refractivity (Wildman–Crippen MR) is 97.2 cm³/mol. The number of esters is 1. The molecule has 0 amide bonds. The Hall–Kier alpha value is -0.530. The van der Waals surface area contributed by atoms with Crippen LogP contribution in [0.1, 0.15) is 51.9 Å². The van der Waals surface area contributed by atoms with Crippen LogP contribution in [0.25, 0.3) is 0 Å². The fourth-order valence-electron chi connectivity index (χ4n) is 2.60. The first kappa shape index (κ1) is 20.5. The summed E-state index contributed by atoms with van der Waals surface area (Å²) in [5, 5.41) is 6.34. The third-order valence-electron chi connectivity index (χ3n) is 3.71. The van der Waals surface area contributed by atoms with Gasteiger partial charge in [-0.25, -0.2) is 0 Å². The SMILES string of the molecule is CCNC(=NCCCC1CCCC1)NCCC(=O)OC.I.